The molecule has 2 nitrogen and oxygen atoms in total. The van der Waals surface area contributed by atoms with Crippen LogP contribution in [0.1, 0.15) is 33.3 Å². The van der Waals surface area contributed by atoms with E-state index in [9.17, 15) is 0 Å². The van der Waals surface area contributed by atoms with Gasteiger partial charge in [-0.05, 0) is 30.0 Å². The fraction of sp³-hybridized carbons (Fsp3) is 0.571. The molecular weight excluding hydrogens is 198 g/mol. The lowest BCUT2D eigenvalue weighted by Gasteiger charge is -2.37. The topological polar surface area (TPSA) is 23.5 Å². The van der Waals surface area contributed by atoms with E-state index >= 15 is 0 Å². The largest absolute Gasteiger partial charge is 0.392 e. The highest BCUT2D eigenvalue weighted by atomic mass is 16.3. The van der Waals surface area contributed by atoms with Crippen LogP contribution in [0, 0.1) is 5.41 Å². The monoisotopic (exact) mass is 221 g/mol. The second-order valence-electron chi connectivity index (χ2n) is 5.48. The summed E-state index contributed by atoms with van der Waals surface area (Å²) in [6.07, 6.45) is 0. The molecule has 1 atom stereocenters. The Morgan fingerprint density at radius 3 is 2.06 bits per heavy atom. The van der Waals surface area contributed by atoms with E-state index in [-0.39, 0.29) is 12.0 Å². The standard InChI is InChI=1S/C14H23NO/c1-11(14(2,3)4)15(5)13-8-6-12(10-16)7-9-13/h6-9,11,16H,10H2,1-5H3. The Morgan fingerprint density at radius 2 is 1.69 bits per heavy atom. The van der Waals surface area contributed by atoms with Crippen molar-refractivity contribution < 1.29 is 5.11 Å². The quantitative estimate of drug-likeness (QED) is 0.848. The fourth-order valence-corrected chi connectivity index (χ4v) is 1.64. The molecule has 1 aromatic rings. The molecule has 1 N–H and O–H groups in total. The summed E-state index contributed by atoms with van der Waals surface area (Å²) in [6, 6.07) is 8.54. The van der Waals surface area contributed by atoms with Gasteiger partial charge in [-0.1, -0.05) is 32.9 Å². The third-order valence-electron chi connectivity index (χ3n) is 3.36. The molecule has 90 valence electrons. The molecule has 0 aliphatic heterocycles. The van der Waals surface area contributed by atoms with E-state index in [1.54, 1.807) is 0 Å². The first kappa shape index (κ1) is 13.0. The molecule has 16 heavy (non-hydrogen) atoms. The van der Waals surface area contributed by atoms with Crippen LogP contribution in [0.5, 0.6) is 0 Å². The van der Waals surface area contributed by atoms with Crippen molar-refractivity contribution in [2.45, 2.75) is 40.3 Å². The zero-order chi connectivity index (χ0) is 12.3. The van der Waals surface area contributed by atoms with E-state index in [1.807, 2.05) is 12.1 Å². The molecule has 0 aromatic heterocycles. The maximum Gasteiger partial charge on any atom is 0.0681 e. The number of rotatable bonds is 3. The summed E-state index contributed by atoms with van der Waals surface area (Å²) in [4.78, 5) is 2.28. The van der Waals surface area contributed by atoms with Crippen molar-refractivity contribution in [3.8, 4) is 0 Å². The Bertz CT molecular complexity index is 324. The molecule has 1 rings (SSSR count). The molecule has 0 saturated heterocycles. The van der Waals surface area contributed by atoms with E-state index in [2.05, 4.69) is 51.8 Å². The van der Waals surface area contributed by atoms with Gasteiger partial charge < -0.3 is 10.0 Å². The Balaban J connectivity index is 2.84. The lowest BCUT2D eigenvalue weighted by Crippen LogP contribution is -2.39. The molecule has 1 unspecified atom stereocenters. The van der Waals surface area contributed by atoms with Gasteiger partial charge in [0.15, 0.2) is 0 Å². The number of aliphatic hydroxyl groups is 1. The third kappa shape index (κ3) is 2.99. The van der Waals surface area contributed by atoms with Gasteiger partial charge in [0.1, 0.15) is 0 Å². The maximum absolute atomic E-state index is 8.99. The van der Waals surface area contributed by atoms with Gasteiger partial charge in [-0.2, -0.15) is 0 Å². The summed E-state index contributed by atoms with van der Waals surface area (Å²) >= 11 is 0. The molecule has 0 radical (unpaired) electrons. The minimum atomic E-state index is 0.110. The summed E-state index contributed by atoms with van der Waals surface area (Å²) in [7, 11) is 2.11. The van der Waals surface area contributed by atoms with E-state index in [0.717, 1.165) is 5.56 Å². The highest BCUT2D eigenvalue weighted by Gasteiger charge is 2.23. The number of anilines is 1. The molecule has 0 bridgehead atoms. The van der Waals surface area contributed by atoms with Crippen LogP contribution >= 0.6 is 0 Å². The minimum Gasteiger partial charge on any atom is -0.392 e. The van der Waals surface area contributed by atoms with Crippen LogP contribution in [0.3, 0.4) is 0 Å². The first-order valence-corrected chi connectivity index (χ1v) is 5.79. The van der Waals surface area contributed by atoms with Crippen LogP contribution in [0.4, 0.5) is 5.69 Å². The Kier molecular flexibility index (Phi) is 3.98. The Hall–Kier alpha value is -1.02. The smallest absolute Gasteiger partial charge is 0.0681 e. The summed E-state index contributed by atoms with van der Waals surface area (Å²) < 4.78 is 0. The normalized spacial score (nSPS) is 13.6. The van der Waals surface area contributed by atoms with Gasteiger partial charge in [-0.15, -0.1) is 0 Å². The van der Waals surface area contributed by atoms with Crippen LogP contribution in [-0.2, 0) is 6.61 Å². The summed E-state index contributed by atoms with van der Waals surface area (Å²) in [6.45, 7) is 9.08. The maximum atomic E-state index is 8.99. The van der Waals surface area contributed by atoms with Gasteiger partial charge in [0.2, 0.25) is 0 Å². The van der Waals surface area contributed by atoms with Gasteiger partial charge in [0.05, 0.1) is 6.61 Å². The van der Waals surface area contributed by atoms with Gasteiger partial charge in [-0.25, -0.2) is 0 Å². The van der Waals surface area contributed by atoms with Gasteiger partial charge >= 0.3 is 0 Å². The Morgan fingerprint density at radius 1 is 1.19 bits per heavy atom. The van der Waals surface area contributed by atoms with Crippen LogP contribution in [0.25, 0.3) is 0 Å². The van der Waals surface area contributed by atoms with Crippen molar-refractivity contribution in [3.63, 3.8) is 0 Å². The molecule has 1 aromatic carbocycles. The summed E-state index contributed by atoms with van der Waals surface area (Å²) in [5.74, 6) is 0. The number of nitrogens with zero attached hydrogens (tertiary/aromatic N) is 1. The van der Waals surface area contributed by atoms with E-state index in [4.69, 9.17) is 5.11 Å². The molecule has 0 heterocycles. The molecule has 0 fully saturated rings. The Labute approximate surface area is 98.9 Å². The molecule has 0 aliphatic rings. The van der Waals surface area contributed by atoms with Crippen molar-refractivity contribution in [1.82, 2.24) is 0 Å². The predicted octanol–water partition coefficient (Wildman–Crippen LogP) is 3.05. The van der Waals surface area contributed by atoms with E-state index in [0.29, 0.717) is 6.04 Å². The number of hydrogen-bond acceptors (Lipinski definition) is 2. The molecule has 0 amide bonds. The van der Waals surface area contributed by atoms with Crippen LogP contribution in [-0.4, -0.2) is 18.2 Å². The van der Waals surface area contributed by atoms with E-state index in [1.165, 1.54) is 5.69 Å². The number of benzene rings is 1. The summed E-state index contributed by atoms with van der Waals surface area (Å²) in [5.41, 5.74) is 2.41. The number of aliphatic hydroxyl groups excluding tert-OH is 1. The van der Waals surface area contributed by atoms with Crippen LogP contribution in [0.15, 0.2) is 24.3 Å². The van der Waals surface area contributed by atoms with Gasteiger partial charge in [0, 0.05) is 18.8 Å². The fourth-order valence-electron chi connectivity index (χ4n) is 1.64. The van der Waals surface area contributed by atoms with Crippen molar-refractivity contribution in [3.05, 3.63) is 29.8 Å². The molecule has 2 heteroatoms. The first-order valence-electron chi connectivity index (χ1n) is 5.79. The van der Waals surface area contributed by atoms with Crippen LogP contribution < -0.4 is 4.90 Å². The van der Waals surface area contributed by atoms with Gasteiger partial charge in [-0.3, -0.25) is 0 Å². The third-order valence-corrected chi connectivity index (χ3v) is 3.36. The molecule has 0 aliphatic carbocycles. The van der Waals surface area contributed by atoms with Crippen LogP contribution in [0.2, 0.25) is 0 Å². The van der Waals surface area contributed by atoms with E-state index < -0.39 is 0 Å². The van der Waals surface area contributed by atoms with Crippen molar-refractivity contribution in [2.75, 3.05) is 11.9 Å². The second kappa shape index (κ2) is 4.88. The average molecular weight is 221 g/mol. The zero-order valence-corrected chi connectivity index (χ0v) is 11.0. The van der Waals surface area contributed by atoms with Crippen molar-refractivity contribution in [1.29, 1.82) is 0 Å². The highest BCUT2D eigenvalue weighted by Crippen LogP contribution is 2.27. The SMILES string of the molecule is CC(N(C)c1ccc(CO)cc1)C(C)(C)C. The van der Waals surface area contributed by atoms with Gasteiger partial charge in [0.25, 0.3) is 0 Å². The lowest BCUT2D eigenvalue weighted by molar-refractivity contribution is 0.282. The second-order valence-corrected chi connectivity index (χ2v) is 5.48. The lowest BCUT2D eigenvalue weighted by atomic mass is 9.87. The minimum absolute atomic E-state index is 0.110. The first-order chi connectivity index (χ1) is 7.36. The molecular formula is C14H23NO. The molecule has 0 saturated carbocycles. The number of hydrogen-bond donors (Lipinski definition) is 1. The highest BCUT2D eigenvalue weighted by molar-refractivity contribution is 5.48. The predicted molar refractivity (Wildman–Crippen MR) is 69.7 cm³/mol. The van der Waals surface area contributed by atoms with Crippen molar-refractivity contribution in [2.24, 2.45) is 5.41 Å². The van der Waals surface area contributed by atoms with Crippen molar-refractivity contribution >= 4 is 5.69 Å². The molecule has 0 spiro atoms. The zero-order valence-electron chi connectivity index (χ0n) is 11.0. The average Bonchev–Trinajstić information content (AvgIpc) is 2.26. The summed E-state index contributed by atoms with van der Waals surface area (Å²) in [5, 5.41) is 8.99.